The number of hydrogen-bond acceptors (Lipinski definition) is 4. The summed E-state index contributed by atoms with van der Waals surface area (Å²) in [5.41, 5.74) is 0.450. The van der Waals surface area contributed by atoms with Crippen LogP contribution in [0.3, 0.4) is 0 Å². The molecule has 0 atom stereocenters. The number of rotatable bonds is 8. The molecule has 176 valence electrons. The highest BCUT2D eigenvalue weighted by atomic mass is 32.2. The van der Waals surface area contributed by atoms with Gasteiger partial charge in [0, 0.05) is 23.7 Å². The molecule has 2 fully saturated rings. The summed E-state index contributed by atoms with van der Waals surface area (Å²) in [4.78, 5) is 25.2. The van der Waals surface area contributed by atoms with Crippen molar-refractivity contribution < 1.29 is 22.4 Å². The monoisotopic (exact) mass is 473 g/mol. The van der Waals surface area contributed by atoms with E-state index in [4.69, 9.17) is 0 Å². The van der Waals surface area contributed by atoms with E-state index in [1.54, 1.807) is 0 Å². The van der Waals surface area contributed by atoms with Crippen LogP contribution in [-0.4, -0.2) is 26.8 Å². The molecule has 0 saturated heterocycles. The molecule has 0 spiro atoms. The maximum Gasteiger partial charge on any atom is 0.255 e. The lowest BCUT2D eigenvalue weighted by Crippen LogP contribution is -2.26. The first-order valence-corrected chi connectivity index (χ1v) is 12.8. The molecule has 0 aliphatic heterocycles. The fraction of sp³-hybridized carbons (Fsp3) is 0.417. The molecule has 0 aromatic heterocycles. The molecule has 4 rings (SSSR count). The van der Waals surface area contributed by atoms with Gasteiger partial charge in [-0.2, -0.15) is 0 Å². The van der Waals surface area contributed by atoms with Gasteiger partial charge in [-0.1, -0.05) is 25.3 Å². The number of hydrogen-bond donors (Lipinski definition) is 3. The first-order valence-electron chi connectivity index (χ1n) is 11.3. The molecule has 2 aromatic carbocycles. The van der Waals surface area contributed by atoms with E-state index in [9.17, 15) is 22.4 Å². The summed E-state index contributed by atoms with van der Waals surface area (Å²) >= 11 is 0. The van der Waals surface area contributed by atoms with E-state index >= 15 is 0 Å². The zero-order chi connectivity index (χ0) is 23.4. The lowest BCUT2D eigenvalue weighted by Gasteiger charge is -2.21. The van der Waals surface area contributed by atoms with E-state index in [-0.39, 0.29) is 28.0 Å². The van der Waals surface area contributed by atoms with Crippen molar-refractivity contribution in [1.82, 2.24) is 4.72 Å². The van der Waals surface area contributed by atoms with Crippen molar-refractivity contribution in [2.75, 3.05) is 17.2 Å². The first-order chi connectivity index (χ1) is 15.8. The van der Waals surface area contributed by atoms with Crippen molar-refractivity contribution in [2.24, 2.45) is 11.8 Å². The van der Waals surface area contributed by atoms with Crippen molar-refractivity contribution in [2.45, 2.75) is 49.8 Å². The van der Waals surface area contributed by atoms with E-state index in [0.29, 0.717) is 18.2 Å². The Hall–Kier alpha value is -2.78. The number of amides is 2. The summed E-state index contributed by atoms with van der Waals surface area (Å²) in [6.45, 7) is 0.393. The zero-order valence-electron chi connectivity index (χ0n) is 18.3. The predicted octanol–water partition coefficient (Wildman–Crippen LogP) is 4.29. The summed E-state index contributed by atoms with van der Waals surface area (Å²) < 4.78 is 41.8. The maximum atomic E-state index is 14.3. The average molecular weight is 474 g/mol. The van der Waals surface area contributed by atoms with Crippen LogP contribution in [-0.2, 0) is 14.8 Å². The third-order valence-corrected chi connectivity index (χ3v) is 7.54. The number of sulfonamides is 1. The topological polar surface area (TPSA) is 104 Å². The molecule has 2 aromatic rings. The second-order valence-corrected chi connectivity index (χ2v) is 10.6. The van der Waals surface area contributed by atoms with Crippen molar-refractivity contribution in [1.29, 1.82) is 0 Å². The highest BCUT2D eigenvalue weighted by Crippen LogP contribution is 2.29. The maximum absolute atomic E-state index is 14.3. The molecular formula is C24H28FN3O4S. The smallest absolute Gasteiger partial charge is 0.255 e. The summed E-state index contributed by atoms with van der Waals surface area (Å²) in [6, 6.07) is 9.68. The van der Waals surface area contributed by atoms with E-state index in [0.717, 1.165) is 44.9 Å². The Balaban J connectivity index is 1.44. The van der Waals surface area contributed by atoms with Gasteiger partial charge in [-0.05, 0) is 68.0 Å². The van der Waals surface area contributed by atoms with E-state index in [2.05, 4.69) is 15.4 Å². The lowest BCUT2D eigenvalue weighted by atomic mass is 9.88. The number of anilines is 2. The standard InChI is InChI=1S/C24H28FN3O4S/c25-21-12-11-19(14-22(21)28-23(29)17-5-2-1-3-6-17)27-24(30)18-7-4-8-20(13-18)33(31,32)26-15-16-9-10-16/h4,7-8,11-14,16-17,26H,1-3,5-6,9-10,15H2,(H,27,30)(H,28,29). The molecule has 2 saturated carbocycles. The fourth-order valence-electron chi connectivity index (χ4n) is 3.94. The highest BCUT2D eigenvalue weighted by Gasteiger charge is 2.25. The Labute approximate surface area is 193 Å². The Morgan fingerprint density at radius 1 is 0.939 bits per heavy atom. The molecule has 7 nitrogen and oxygen atoms in total. The summed E-state index contributed by atoms with van der Waals surface area (Å²) in [5.74, 6) is -1.08. The van der Waals surface area contributed by atoms with Crippen LogP contribution in [0, 0.1) is 17.7 Å². The molecule has 0 unspecified atom stereocenters. The van der Waals surface area contributed by atoms with Crippen molar-refractivity contribution >= 4 is 33.2 Å². The SMILES string of the molecule is O=C(Nc1ccc(F)c(NC(=O)C2CCCCC2)c1)c1cccc(S(=O)(=O)NCC2CC2)c1. The lowest BCUT2D eigenvalue weighted by molar-refractivity contribution is -0.120. The van der Waals surface area contributed by atoms with Gasteiger partial charge in [0.25, 0.3) is 5.91 Å². The van der Waals surface area contributed by atoms with Crippen LogP contribution in [0.15, 0.2) is 47.4 Å². The quantitative estimate of drug-likeness (QED) is 0.532. The summed E-state index contributed by atoms with van der Waals surface area (Å²) in [7, 11) is -3.71. The van der Waals surface area contributed by atoms with Crippen LogP contribution in [0.4, 0.5) is 15.8 Å². The second kappa shape index (κ2) is 10.0. The predicted molar refractivity (Wildman–Crippen MR) is 124 cm³/mol. The highest BCUT2D eigenvalue weighted by molar-refractivity contribution is 7.89. The number of benzene rings is 2. The van der Waals surface area contributed by atoms with Crippen LogP contribution < -0.4 is 15.4 Å². The molecular weight excluding hydrogens is 445 g/mol. The van der Waals surface area contributed by atoms with E-state index in [1.807, 2.05) is 0 Å². The van der Waals surface area contributed by atoms with Crippen LogP contribution in [0.5, 0.6) is 0 Å². The molecule has 0 heterocycles. The van der Waals surface area contributed by atoms with Crippen LogP contribution >= 0.6 is 0 Å². The van der Waals surface area contributed by atoms with Crippen molar-refractivity contribution in [3.63, 3.8) is 0 Å². The van der Waals surface area contributed by atoms with Gasteiger partial charge < -0.3 is 10.6 Å². The minimum absolute atomic E-state index is 0.00368. The van der Waals surface area contributed by atoms with Gasteiger partial charge in [0.15, 0.2) is 0 Å². The van der Waals surface area contributed by atoms with Gasteiger partial charge in [-0.25, -0.2) is 17.5 Å². The van der Waals surface area contributed by atoms with Gasteiger partial charge >= 0.3 is 0 Å². The van der Waals surface area contributed by atoms with Gasteiger partial charge in [0.05, 0.1) is 10.6 Å². The van der Waals surface area contributed by atoms with E-state index in [1.165, 1.54) is 42.5 Å². The minimum atomic E-state index is -3.71. The molecule has 33 heavy (non-hydrogen) atoms. The molecule has 2 aliphatic carbocycles. The van der Waals surface area contributed by atoms with Gasteiger partial charge in [0.2, 0.25) is 15.9 Å². The van der Waals surface area contributed by atoms with Gasteiger partial charge in [0.1, 0.15) is 5.82 Å². The Kier molecular flexibility index (Phi) is 7.09. The normalized spacial score (nSPS) is 16.9. The van der Waals surface area contributed by atoms with Gasteiger partial charge in [-0.15, -0.1) is 0 Å². The van der Waals surface area contributed by atoms with Crippen molar-refractivity contribution in [3.8, 4) is 0 Å². The second-order valence-electron chi connectivity index (χ2n) is 8.80. The molecule has 2 aliphatic rings. The first kappa shape index (κ1) is 23.4. The molecule has 0 bridgehead atoms. The number of halogens is 1. The van der Waals surface area contributed by atoms with Crippen LogP contribution in [0.1, 0.15) is 55.3 Å². The number of nitrogens with one attached hydrogen (secondary N) is 3. The Bertz CT molecular complexity index is 1140. The third-order valence-electron chi connectivity index (χ3n) is 6.12. The number of carbonyl (C=O) groups is 2. The summed E-state index contributed by atoms with van der Waals surface area (Å²) in [5, 5.41) is 5.28. The molecule has 0 radical (unpaired) electrons. The third kappa shape index (κ3) is 6.17. The largest absolute Gasteiger partial charge is 0.323 e. The minimum Gasteiger partial charge on any atom is -0.323 e. The summed E-state index contributed by atoms with van der Waals surface area (Å²) in [6.07, 6.45) is 6.70. The average Bonchev–Trinajstić information content (AvgIpc) is 3.65. The van der Waals surface area contributed by atoms with E-state index < -0.39 is 21.7 Å². The Morgan fingerprint density at radius 2 is 1.70 bits per heavy atom. The van der Waals surface area contributed by atoms with Crippen molar-refractivity contribution in [3.05, 3.63) is 53.8 Å². The zero-order valence-corrected chi connectivity index (χ0v) is 19.1. The molecule has 2 amide bonds. The van der Waals surface area contributed by atoms with Crippen LogP contribution in [0.2, 0.25) is 0 Å². The van der Waals surface area contributed by atoms with Crippen LogP contribution in [0.25, 0.3) is 0 Å². The molecule has 3 N–H and O–H groups in total. The number of carbonyl (C=O) groups excluding carboxylic acids is 2. The fourth-order valence-corrected chi connectivity index (χ4v) is 5.10. The molecule has 9 heteroatoms. The van der Waals surface area contributed by atoms with Gasteiger partial charge in [-0.3, -0.25) is 9.59 Å². The Morgan fingerprint density at radius 3 is 2.42 bits per heavy atom.